The molecule has 5 rings (SSSR count). The zero-order chi connectivity index (χ0) is 25.5. The van der Waals surface area contributed by atoms with Crippen LogP contribution in [0.25, 0.3) is 20.2 Å². The Morgan fingerprint density at radius 3 is 1.46 bits per heavy atom. The van der Waals surface area contributed by atoms with E-state index >= 15 is 0 Å². The van der Waals surface area contributed by atoms with Crippen LogP contribution >= 0.6 is 11.3 Å². The third-order valence-corrected chi connectivity index (χ3v) is 7.88. The van der Waals surface area contributed by atoms with Gasteiger partial charge in [0.25, 0.3) is 0 Å². The van der Waals surface area contributed by atoms with Crippen LogP contribution in [0.3, 0.4) is 0 Å². The van der Waals surface area contributed by atoms with Crippen LogP contribution < -0.4 is 18.9 Å². The van der Waals surface area contributed by atoms with Gasteiger partial charge in [-0.25, -0.2) is 0 Å². The average Bonchev–Trinajstić information content (AvgIpc) is 3.84. The first-order valence-corrected chi connectivity index (χ1v) is 14.9. The SMILES string of the molecule is CCCCCCOc1cc2sc3cc(OCCCCCC)c(OCC4CO4)cc3c2cc1OCC1CO1. The van der Waals surface area contributed by atoms with E-state index in [1.54, 1.807) is 11.3 Å². The summed E-state index contributed by atoms with van der Waals surface area (Å²) in [4.78, 5) is 0. The van der Waals surface area contributed by atoms with E-state index in [4.69, 9.17) is 28.4 Å². The highest BCUT2D eigenvalue weighted by Crippen LogP contribution is 2.45. The molecule has 2 saturated heterocycles. The summed E-state index contributed by atoms with van der Waals surface area (Å²) in [6, 6.07) is 8.51. The van der Waals surface area contributed by atoms with Gasteiger partial charge in [-0.1, -0.05) is 52.4 Å². The maximum absolute atomic E-state index is 6.22. The van der Waals surface area contributed by atoms with Crippen molar-refractivity contribution in [3.8, 4) is 23.0 Å². The third-order valence-electron chi connectivity index (χ3n) is 6.77. The van der Waals surface area contributed by atoms with Gasteiger partial charge in [0, 0.05) is 32.3 Å². The van der Waals surface area contributed by atoms with Crippen molar-refractivity contribution in [1.29, 1.82) is 0 Å². The number of epoxide rings is 2. The first-order chi connectivity index (χ1) is 18.2. The molecule has 0 N–H and O–H groups in total. The van der Waals surface area contributed by atoms with E-state index in [0.29, 0.717) is 26.4 Å². The second kappa shape index (κ2) is 13.0. The first-order valence-electron chi connectivity index (χ1n) is 14.0. The number of ether oxygens (including phenoxy) is 6. The summed E-state index contributed by atoms with van der Waals surface area (Å²) in [6.07, 6.45) is 9.75. The van der Waals surface area contributed by atoms with Crippen LogP contribution in [0.2, 0.25) is 0 Å². The van der Waals surface area contributed by atoms with E-state index in [1.807, 2.05) is 0 Å². The van der Waals surface area contributed by atoms with Crippen molar-refractivity contribution in [3.05, 3.63) is 24.3 Å². The van der Waals surface area contributed by atoms with Gasteiger partial charge in [0.05, 0.1) is 26.4 Å². The molecule has 3 aromatic rings. The average molecular weight is 529 g/mol. The van der Waals surface area contributed by atoms with E-state index in [1.165, 1.54) is 47.9 Å². The van der Waals surface area contributed by atoms with Gasteiger partial charge < -0.3 is 28.4 Å². The summed E-state index contributed by atoms with van der Waals surface area (Å²) < 4.78 is 37.9. The number of hydrogen-bond acceptors (Lipinski definition) is 7. The van der Waals surface area contributed by atoms with Gasteiger partial charge in [-0.2, -0.15) is 0 Å². The van der Waals surface area contributed by atoms with Crippen molar-refractivity contribution in [2.45, 2.75) is 77.4 Å². The van der Waals surface area contributed by atoms with Crippen molar-refractivity contribution in [2.24, 2.45) is 0 Å². The number of hydrogen-bond donors (Lipinski definition) is 0. The van der Waals surface area contributed by atoms with Crippen LogP contribution in [0.15, 0.2) is 24.3 Å². The number of thiophene rings is 1. The minimum Gasteiger partial charge on any atom is -0.490 e. The highest BCUT2D eigenvalue weighted by atomic mass is 32.1. The Hall–Kier alpha value is -2.22. The molecule has 2 fully saturated rings. The summed E-state index contributed by atoms with van der Waals surface area (Å²) in [5.41, 5.74) is 0. The lowest BCUT2D eigenvalue weighted by molar-refractivity contribution is 0.239. The van der Waals surface area contributed by atoms with Crippen LogP contribution in [0, 0.1) is 0 Å². The molecule has 2 atom stereocenters. The molecular weight excluding hydrogens is 488 g/mol. The molecule has 1 aromatic heterocycles. The van der Waals surface area contributed by atoms with Gasteiger partial charge >= 0.3 is 0 Å². The summed E-state index contributed by atoms with van der Waals surface area (Å²) in [6.45, 7) is 8.47. The Balaban J connectivity index is 1.41. The fourth-order valence-electron chi connectivity index (χ4n) is 4.36. The minimum absolute atomic E-state index is 0.189. The molecule has 0 aliphatic carbocycles. The van der Waals surface area contributed by atoms with Crippen LogP contribution in [0.4, 0.5) is 0 Å². The number of benzene rings is 2. The monoisotopic (exact) mass is 528 g/mol. The zero-order valence-electron chi connectivity index (χ0n) is 22.2. The molecule has 202 valence electrons. The van der Waals surface area contributed by atoms with Crippen molar-refractivity contribution < 1.29 is 28.4 Å². The molecule has 7 heteroatoms. The topological polar surface area (TPSA) is 62.0 Å². The molecule has 3 heterocycles. The van der Waals surface area contributed by atoms with E-state index in [9.17, 15) is 0 Å². The summed E-state index contributed by atoms with van der Waals surface area (Å²) in [7, 11) is 0. The molecule has 37 heavy (non-hydrogen) atoms. The standard InChI is InChI=1S/C30H40O6S/c1-3-5-7-9-11-31-27-15-29-23(13-25(27)35-19-21-17-33-21)24-14-26(36-20-22-18-34-22)28(16-30(24)37-29)32-12-10-8-6-4-2/h13-16,21-22H,3-12,17-20H2,1-2H3. The molecule has 0 saturated carbocycles. The largest absolute Gasteiger partial charge is 0.490 e. The third kappa shape index (κ3) is 7.43. The molecule has 0 amide bonds. The predicted octanol–water partition coefficient (Wildman–Crippen LogP) is 7.53. The lowest BCUT2D eigenvalue weighted by atomic mass is 10.1. The van der Waals surface area contributed by atoms with E-state index in [0.717, 1.165) is 59.8 Å². The highest BCUT2D eigenvalue weighted by molar-refractivity contribution is 7.25. The van der Waals surface area contributed by atoms with Crippen LogP contribution in [0.5, 0.6) is 23.0 Å². The molecule has 0 bridgehead atoms. The second-order valence-corrected chi connectivity index (χ2v) is 11.1. The van der Waals surface area contributed by atoms with E-state index in [2.05, 4.69) is 38.1 Å². The molecule has 2 unspecified atom stereocenters. The normalized spacial score (nSPS) is 18.3. The van der Waals surface area contributed by atoms with Gasteiger partial charge in [0.2, 0.25) is 0 Å². The van der Waals surface area contributed by atoms with Gasteiger partial charge in [0.1, 0.15) is 25.4 Å². The smallest absolute Gasteiger partial charge is 0.162 e. The minimum atomic E-state index is 0.189. The van der Waals surface area contributed by atoms with E-state index in [-0.39, 0.29) is 12.2 Å². The fraction of sp³-hybridized carbons (Fsp3) is 0.600. The van der Waals surface area contributed by atoms with Gasteiger partial charge in [-0.05, 0) is 25.0 Å². The Bertz CT molecular complexity index is 1060. The first kappa shape index (κ1) is 26.4. The number of unbranched alkanes of at least 4 members (excludes halogenated alkanes) is 6. The molecular formula is C30H40O6S. The van der Waals surface area contributed by atoms with Crippen molar-refractivity contribution in [2.75, 3.05) is 39.6 Å². The van der Waals surface area contributed by atoms with Crippen LogP contribution in [-0.4, -0.2) is 51.8 Å². The highest BCUT2D eigenvalue weighted by Gasteiger charge is 2.25. The molecule has 0 radical (unpaired) electrons. The Morgan fingerprint density at radius 1 is 0.622 bits per heavy atom. The van der Waals surface area contributed by atoms with Gasteiger partial charge in [-0.3, -0.25) is 0 Å². The van der Waals surface area contributed by atoms with Crippen LogP contribution in [-0.2, 0) is 9.47 Å². The van der Waals surface area contributed by atoms with Crippen molar-refractivity contribution in [1.82, 2.24) is 0 Å². The van der Waals surface area contributed by atoms with Gasteiger partial charge in [-0.15, -0.1) is 11.3 Å². The van der Waals surface area contributed by atoms with E-state index < -0.39 is 0 Å². The fourth-order valence-corrected chi connectivity index (χ4v) is 5.48. The maximum atomic E-state index is 6.22. The quantitative estimate of drug-likeness (QED) is 0.126. The summed E-state index contributed by atoms with van der Waals surface area (Å²) in [5.74, 6) is 3.18. The van der Waals surface area contributed by atoms with Gasteiger partial charge in [0.15, 0.2) is 23.0 Å². The lowest BCUT2D eigenvalue weighted by Gasteiger charge is -2.14. The Kier molecular flexibility index (Phi) is 9.29. The molecule has 0 spiro atoms. The molecule has 2 aliphatic heterocycles. The Morgan fingerprint density at radius 2 is 1.05 bits per heavy atom. The second-order valence-electron chi connectivity index (χ2n) is 10.0. The summed E-state index contributed by atoms with van der Waals surface area (Å²) in [5, 5.41) is 2.29. The molecule has 2 aromatic carbocycles. The molecule has 2 aliphatic rings. The maximum Gasteiger partial charge on any atom is 0.162 e. The zero-order valence-corrected chi connectivity index (χ0v) is 23.0. The lowest BCUT2D eigenvalue weighted by Crippen LogP contribution is -2.06. The predicted molar refractivity (Wildman–Crippen MR) is 149 cm³/mol. The molecule has 6 nitrogen and oxygen atoms in total. The summed E-state index contributed by atoms with van der Waals surface area (Å²) >= 11 is 1.76. The number of rotatable bonds is 18. The Labute approximate surface area is 224 Å². The van der Waals surface area contributed by atoms with Crippen molar-refractivity contribution >= 4 is 31.5 Å². The van der Waals surface area contributed by atoms with Crippen molar-refractivity contribution in [3.63, 3.8) is 0 Å². The number of fused-ring (bicyclic) bond motifs is 3. The van der Waals surface area contributed by atoms with Crippen LogP contribution in [0.1, 0.15) is 65.2 Å².